The lowest BCUT2D eigenvalue weighted by Gasteiger charge is -2.14. The molecular weight excluding hydrogens is 456 g/mol. The zero-order valence-electron chi connectivity index (χ0n) is 19.1. The first-order chi connectivity index (χ1) is 15.7. The van der Waals surface area contributed by atoms with Gasteiger partial charge in [0.1, 0.15) is 5.78 Å². The Morgan fingerprint density at radius 1 is 1.33 bits per heavy atom. The maximum atomic E-state index is 12.9. The SMILES string of the molecule is CC1(C)C[C@H](/C=C/C(O)CCc2sc3ccccc3c2Cl)[C@@H](CC#CCCCC(=O)O)C1=O. The van der Waals surface area contributed by atoms with Gasteiger partial charge in [-0.25, -0.2) is 0 Å². The molecule has 176 valence electrons. The molecule has 1 unspecified atom stereocenters. The first kappa shape index (κ1) is 25.5. The van der Waals surface area contributed by atoms with E-state index < -0.39 is 17.5 Å². The fourth-order valence-corrected chi connectivity index (χ4v) is 5.99. The highest BCUT2D eigenvalue weighted by molar-refractivity contribution is 7.19. The predicted molar refractivity (Wildman–Crippen MR) is 135 cm³/mol. The average Bonchev–Trinajstić information content (AvgIpc) is 3.20. The summed E-state index contributed by atoms with van der Waals surface area (Å²) >= 11 is 8.18. The fourth-order valence-electron chi connectivity index (χ4n) is 4.44. The summed E-state index contributed by atoms with van der Waals surface area (Å²) in [5, 5.41) is 21.1. The number of halogens is 1. The molecule has 1 aromatic heterocycles. The summed E-state index contributed by atoms with van der Waals surface area (Å²) < 4.78 is 1.15. The van der Waals surface area contributed by atoms with E-state index in [1.54, 1.807) is 11.3 Å². The van der Waals surface area contributed by atoms with E-state index in [1.165, 1.54) is 0 Å². The molecule has 1 aliphatic carbocycles. The number of benzene rings is 1. The second-order valence-corrected chi connectivity index (χ2v) is 10.9. The van der Waals surface area contributed by atoms with E-state index in [9.17, 15) is 14.7 Å². The number of hydrogen-bond acceptors (Lipinski definition) is 4. The van der Waals surface area contributed by atoms with Crippen LogP contribution < -0.4 is 0 Å². The van der Waals surface area contributed by atoms with Crippen LogP contribution in [-0.4, -0.2) is 28.1 Å². The second-order valence-electron chi connectivity index (χ2n) is 9.35. The number of aliphatic hydroxyl groups excluding tert-OH is 1. The molecule has 2 N–H and O–H groups in total. The van der Waals surface area contributed by atoms with E-state index in [4.69, 9.17) is 16.7 Å². The standard InChI is InChI=1S/C27H31ClO4S/c1-27(2)17-18(20(26(27)32)9-5-3-4-6-12-24(30)31)13-14-19(29)15-16-23-25(28)21-10-7-8-11-22(21)33-23/h7-8,10-11,13-14,18-20,29H,4,6,9,12,15-17H2,1-2H3,(H,30,31)/b14-13+/t18-,19?,20+/m0/s1. The molecule has 4 nitrogen and oxygen atoms in total. The summed E-state index contributed by atoms with van der Waals surface area (Å²) in [7, 11) is 0. The third kappa shape index (κ3) is 6.69. The van der Waals surface area contributed by atoms with Crippen molar-refractivity contribution in [1.82, 2.24) is 0 Å². The molecule has 0 radical (unpaired) electrons. The lowest BCUT2D eigenvalue weighted by atomic mass is 9.88. The molecule has 2 aromatic rings. The van der Waals surface area contributed by atoms with Crippen LogP contribution in [0.3, 0.4) is 0 Å². The van der Waals surface area contributed by atoms with Crippen LogP contribution in [0.5, 0.6) is 0 Å². The van der Waals surface area contributed by atoms with E-state index in [0.29, 0.717) is 32.1 Å². The van der Waals surface area contributed by atoms with Gasteiger partial charge in [-0.3, -0.25) is 9.59 Å². The smallest absolute Gasteiger partial charge is 0.303 e. The number of aliphatic hydroxyl groups is 1. The molecule has 3 rings (SSSR count). The van der Waals surface area contributed by atoms with E-state index >= 15 is 0 Å². The van der Waals surface area contributed by atoms with Crippen molar-refractivity contribution in [1.29, 1.82) is 0 Å². The molecule has 33 heavy (non-hydrogen) atoms. The van der Waals surface area contributed by atoms with Gasteiger partial charge < -0.3 is 10.2 Å². The monoisotopic (exact) mass is 486 g/mol. The minimum absolute atomic E-state index is 0.0448. The van der Waals surface area contributed by atoms with Crippen LogP contribution in [-0.2, 0) is 16.0 Å². The van der Waals surface area contributed by atoms with E-state index in [1.807, 2.05) is 44.2 Å². The average molecular weight is 487 g/mol. The van der Waals surface area contributed by atoms with Crippen molar-refractivity contribution in [2.24, 2.45) is 17.3 Å². The molecule has 0 aliphatic heterocycles. The van der Waals surface area contributed by atoms with Gasteiger partial charge in [0, 0.05) is 45.6 Å². The third-order valence-corrected chi connectivity index (χ3v) is 8.03. The summed E-state index contributed by atoms with van der Waals surface area (Å²) in [6.07, 6.45) is 6.83. The molecule has 0 saturated heterocycles. The number of aryl methyl sites for hydroxylation is 1. The summed E-state index contributed by atoms with van der Waals surface area (Å²) in [5.74, 6) is 5.34. The van der Waals surface area contributed by atoms with E-state index in [2.05, 4.69) is 17.9 Å². The van der Waals surface area contributed by atoms with E-state index in [-0.39, 0.29) is 24.0 Å². The number of allylic oxidation sites excluding steroid dienone is 1. The summed E-state index contributed by atoms with van der Waals surface area (Å²) in [6, 6.07) is 8.04. The van der Waals surface area contributed by atoms with Crippen LogP contribution in [0.4, 0.5) is 0 Å². The van der Waals surface area contributed by atoms with Crippen molar-refractivity contribution in [3.8, 4) is 11.8 Å². The number of rotatable bonds is 9. The lowest BCUT2D eigenvalue weighted by Crippen LogP contribution is -2.22. The molecule has 1 heterocycles. The Hall–Kier alpha value is -2.13. The number of carbonyl (C=O) groups is 2. The molecule has 1 saturated carbocycles. The Morgan fingerprint density at radius 2 is 2.09 bits per heavy atom. The van der Waals surface area contributed by atoms with Crippen LogP contribution >= 0.6 is 22.9 Å². The highest BCUT2D eigenvalue weighted by Gasteiger charge is 2.45. The number of ketones is 1. The van der Waals surface area contributed by atoms with Gasteiger partial charge in [0.25, 0.3) is 0 Å². The number of Topliss-reactive ketones (excluding diaryl/α,β-unsaturated/α-hetero) is 1. The summed E-state index contributed by atoms with van der Waals surface area (Å²) in [5.41, 5.74) is -0.403. The van der Waals surface area contributed by atoms with Crippen LogP contribution in [0.25, 0.3) is 10.1 Å². The molecule has 1 aliphatic rings. The van der Waals surface area contributed by atoms with Crippen LogP contribution in [0.15, 0.2) is 36.4 Å². The Balaban J connectivity index is 1.57. The van der Waals surface area contributed by atoms with Crippen molar-refractivity contribution < 1.29 is 19.8 Å². The topological polar surface area (TPSA) is 74.6 Å². The van der Waals surface area contributed by atoms with Gasteiger partial charge in [-0.2, -0.15) is 0 Å². The quantitative estimate of drug-likeness (QED) is 0.248. The van der Waals surface area contributed by atoms with Gasteiger partial charge in [0.05, 0.1) is 11.1 Å². The zero-order valence-corrected chi connectivity index (χ0v) is 20.7. The zero-order chi connectivity index (χ0) is 24.0. The Labute approximate surface area is 204 Å². The van der Waals surface area contributed by atoms with Crippen molar-refractivity contribution in [3.63, 3.8) is 0 Å². The molecule has 3 atom stereocenters. The van der Waals surface area contributed by atoms with Gasteiger partial charge in [-0.1, -0.05) is 55.8 Å². The molecule has 0 bridgehead atoms. The number of unbranched alkanes of at least 4 members (excludes halogenated alkanes) is 1. The van der Waals surface area contributed by atoms with Gasteiger partial charge in [0.2, 0.25) is 0 Å². The number of carbonyl (C=O) groups excluding carboxylic acids is 1. The van der Waals surface area contributed by atoms with E-state index in [0.717, 1.165) is 26.4 Å². The van der Waals surface area contributed by atoms with Crippen molar-refractivity contribution in [2.45, 2.75) is 64.9 Å². The number of hydrogen-bond donors (Lipinski definition) is 2. The second kappa shape index (κ2) is 11.3. The Kier molecular flexibility index (Phi) is 8.75. The largest absolute Gasteiger partial charge is 0.481 e. The maximum absolute atomic E-state index is 12.9. The third-order valence-electron chi connectivity index (χ3n) is 6.26. The number of fused-ring (bicyclic) bond motifs is 1. The Morgan fingerprint density at radius 3 is 2.82 bits per heavy atom. The number of carboxylic acids is 1. The Bertz CT molecular complexity index is 1090. The lowest BCUT2D eigenvalue weighted by molar-refractivity contribution is -0.137. The normalized spacial score (nSPS) is 20.8. The molecule has 0 amide bonds. The maximum Gasteiger partial charge on any atom is 0.303 e. The molecule has 6 heteroatoms. The first-order valence-electron chi connectivity index (χ1n) is 11.4. The number of thiophene rings is 1. The molecule has 0 spiro atoms. The van der Waals surface area contributed by atoms with Gasteiger partial charge >= 0.3 is 5.97 Å². The number of aliphatic carboxylic acids is 1. The van der Waals surface area contributed by atoms with Crippen LogP contribution in [0.2, 0.25) is 5.02 Å². The molecule has 1 aromatic carbocycles. The fraction of sp³-hybridized carbons (Fsp3) is 0.481. The van der Waals surface area contributed by atoms with Crippen molar-refractivity contribution >= 4 is 44.8 Å². The van der Waals surface area contributed by atoms with Gasteiger partial charge in [-0.05, 0) is 37.7 Å². The number of carboxylic acid groups (broad SMARTS) is 1. The highest BCUT2D eigenvalue weighted by Crippen LogP contribution is 2.44. The molecule has 1 fully saturated rings. The molecular formula is C27H31ClO4S. The minimum atomic E-state index is -0.817. The van der Waals surface area contributed by atoms with Crippen LogP contribution in [0, 0.1) is 29.1 Å². The first-order valence-corrected chi connectivity index (χ1v) is 12.6. The van der Waals surface area contributed by atoms with Crippen LogP contribution in [0.1, 0.15) is 57.2 Å². The van der Waals surface area contributed by atoms with Gasteiger partial charge in [0.15, 0.2) is 0 Å². The van der Waals surface area contributed by atoms with Gasteiger partial charge in [-0.15, -0.1) is 23.2 Å². The van der Waals surface area contributed by atoms with Crippen molar-refractivity contribution in [3.05, 3.63) is 46.3 Å². The highest BCUT2D eigenvalue weighted by atomic mass is 35.5. The summed E-state index contributed by atoms with van der Waals surface area (Å²) in [4.78, 5) is 24.5. The summed E-state index contributed by atoms with van der Waals surface area (Å²) in [6.45, 7) is 3.94. The minimum Gasteiger partial charge on any atom is -0.481 e. The predicted octanol–water partition coefficient (Wildman–Crippen LogP) is 6.28. The van der Waals surface area contributed by atoms with Crippen molar-refractivity contribution in [2.75, 3.05) is 0 Å².